The highest BCUT2D eigenvalue weighted by Crippen LogP contribution is 2.23. The Morgan fingerprint density at radius 3 is 2.72 bits per heavy atom. The molecule has 2 rings (SSSR count). The quantitative estimate of drug-likeness (QED) is 0.370. The molecule has 25 heavy (non-hydrogen) atoms. The lowest BCUT2D eigenvalue weighted by Crippen LogP contribution is -2.45. The SMILES string of the molecule is CCNC(=NCC(C)c1c(C)noc1C)NCC1CCCN1CC.I. The second kappa shape index (κ2) is 11.0. The monoisotopic (exact) mass is 463 g/mol. The van der Waals surface area contributed by atoms with Gasteiger partial charge in [0.1, 0.15) is 5.76 Å². The van der Waals surface area contributed by atoms with Crippen molar-refractivity contribution < 1.29 is 4.52 Å². The summed E-state index contributed by atoms with van der Waals surface area (Å²) >= 11 is 0. The van der Waals surface area contributed by atoms with Gasteiger partial charge in [-0.25, -0.2) is 0 Å². The molecule has 2 atom stereocenters. The van der Waals surface area contributed by atoms with E-state index in [-0.39, 0.29) is 24.0 Å². The third-order valence-corrected chi connectivity index (χ3v) is 4.86. The molecule has 144 valence electrons. The van der Waals surface area contributed by atoms with Crippen molar-refractivity contribution in [3.63, 3.8) is 0 Å². The van der Waals surface area contributed by atoms with E-state index in [9.17, 15) is 0 Å². The number of hydrogen-bond donors (Lipinski definition) is 2. The summed E-state index contributed by atoms with van der Waals surface area (Å²) in [7, 11) is 0. The number of likely N-dealkylation sites (N-methyl/N-ethyl adjacent to an activating group) is 1. The van der Waals surface area contributed by atoms with Crippen molar-refractivity contribution in [3.8, 4) is 0 Å². The number of nitrogens with one attached hydrogen (secondary N) is 2. The second-order valence-corrected chi connectivity index (χ2v) is 6.66. The molecule has 0 amide bonds. The second-order valence-electron chi connectivity index (χ2n) is 6.66. The van der Waals surface area contributed by atoms with Crippen LogP contribution in [0.15, 0.2) is 9.52 Å². The lowest BCUT2D eigenvalue weighted by atomic mass is 10.00. The van der Waals surface area contributed by atoms with Gasteiger partial charge in [0.25, 0.3) is 0 Å². The van der Waals surface area contributed by atoms with Crippen LogP contribution in [0.3, 0.4) is 0 Å². The molecular formula is C18H34IN5O. The van der Waals surface area contributed by atoms with Crippen LogP contribution in [0.1, 0.15) is 56.5 Å². The van der Waals surface area contributed by atoms with Gasteiger partial charge in [0.2, 0.25) is 0 Å². The molecule has 1 aliphatic rings. The maximum atomic E-state index is 5.27. The molecule has 1 fully saturated rings. The summed E-state index contributed by atoms with van der Waals surface area (Å²) in [6.45, 7) is 15.4. The van der Waals surface area contributed by atoms with Gasteiger partial charge in [0.15, 0.2) is 5.96 Å². The molecule has 1 saturated heterocycles. The molecule has 0 aromatic carbocycles. The lowest BCUT2D eigenvalue weighted by molar-refractivity contribution is 0.267. The smallest absolute Gasteiger partial charge is 0.191 e. The summed E-state index contributed by atoms with van der Waals surface area (Å²) in [6.07, 6.45) is 2.58. The minimum atomic E-state index is 0. The maximum Gasteiger partial charge on any atom is 0.191 e. The van der Waals surface area contributed by atoms with Gasteiger partial charge in [-0.1, -0.05) is 19.0 Å². The van der Waals surface area contributed by atoms with E-state index in [1.165, 1.54) is 24.9 Å². The van der Waals surface area contributed by atoms with Crippen LogP contribution in [0.4, 0.5) is 0 Å². The Balaban J connectivity index is 0.00000312. The maximum absolute atomic E-state index is 5.27. The van der Waals surface area contributed by atoms with E-state index in [0.29, 0.717) is 12.0 Å². The Kier molecular flexibility index (Phi) is 9.78. The van der Waals surface area contributed by atoms with Gasteiger partial charge in [-0.15, -0.1) is 24.0 Å². The van der Waals surface area contributed by atoms with Crippen molar-refractivity contribution in [2.75, 3.05) is 32.7 Å². The first-order valence-electron chi connectivity index (χ1n) is 9.25. The van der Waals surface area contributed by atoms with E-state index in [2.05, 4.69) is 41.5 Å². The molecule has 0 spiro atoms. The Hall–Kier alpha value is -0.830. The fraction of sp³-hybridized carbons (Fsp3) is 0.778. The number of guanidine groups is 1. The van der Waals surface area contributed by atoms with E-state index in [1.807, 2.05) is 13.8 Å². The first-order valence-corrected chi connectivity index (χ1v) is 9.25. The van der Waals surface area contributed by atoms with E-state index in [0.717, 1.165) is 43.6 Å². The molecule has 0 radical (unpaired) electrons. The minimum absolute atomic E-state index is 0. The molecule has 0 bridgehead atoms. The Labute approximate surface area is 169 Å². The zero-order valence-electron chi connectivity index (χ0n) is 16.3. The zero-order valence-corrected chi connectivity index (χ0v) is 18.6. The van der Waals surface area contributed by atoms with Crippen molar-refractivity contribution in [2.24, 2.45) is 4.99 Å². The van der Waals surface area contributed by atoms with Crippen molar-refractivity contribution >= 4 is 29.9 Å². The summed E-state index contributed by atoms with van der Waals surface area (Å²) in [5.41, 5.74) is 2.15. The van der Waals surface area contributed by atoms with Crippen LogP contribution >= 0.6 is 24.0 Å². The third kappa shape index (κ3) is 6.13. The van der Waals surface area contributed by atoms with Gasteiger partial charge in [0, 0.05) is 37.2 Å². The van der Waals surface area contributed by atoms with Crippen LogP contribution in [0, 0.1) is 13.8 Å². The highest BCUT2D eigenvalue weighted by Gasteiger charge is 2.23. The summed E-state index contributed by atoms with van der Waals surface area (Å²) in [6, 6.07) is 0.624. The van der Waals surface area contributed by atoms with Crippen LogP contribution in [-0.2, 0) is 0 Å². The summed E-state index contributed by atoms with van der Waals surface area (Å²) in [5.74, 6) is 2.10. The molecule has 0 aliphatic carbocycles. The Morgan fingerprint density at radius 2 is 2.12 bits per heavy atom. The van der Waals surface area contributed by atoms with Crippen molar-refractivity contribution in [2.45, 2.75) is 59.4 Å². The fourth-order valence-electron chi connectivity index (χ4n) is 3.61. The normalized spacial score (nSPS) is 19.6. The third-order valence-electron chi connectivity index (χ3n) is 4.86. The molecular weight excluding hydrogens is 429 g/mol. The number of likely N-dealkylation sites (tertiary alicyclic amines) is 1. The predicted molar refractivity (Wildman–Crippen MR) is 114 cm³/mol. The molecule has 2 unspecified atom stereocenters. The first-order chi connectivity index (χ1) is 11.6. The molecule has 0 saturated carbocycles. The van der Waals surface area contributed by atoms with Crippen molar-refractivity contribution in [1.29, 1.82) is 0 Å². The standard InChI is InChI=1S/C18H33N5O.HI/c1-6-19-18(21-12-16-9-8-10-23(16)7-2)20-11-13(3)17-14(4)22-24-15(17)5;/h13,16H,6-12H2,1-5H3,(H2,19,20,21);1H. The number of aryl methyl sites for hydroxylation is 2. The molecule has 7 heteroatoms. The van der Waals surface area contributed by atoms with Crippen LogP contribution in [0.25, 0.3) is 0 Å². The summed E-state index contributed by atoms with van der Waals surface area (Å²) in [5, 5.41) is 10.9. The highest BCUT2D eigenvalue weighted by atomic mass is 127. The largest absolute Gasteiger partial charge is 0.361 e. The lowest BCUT2D eigenvalue weighted by Gasteiger charge is -2.24. The first kappa shape index (κ1) is 22.2. The van der Waals surface area contributed by atoms with Crippen molar-refractivity contribution in [3.05, 3.63) is 17.0 Å². The number of aliphatic imine (C=N–C) groups is 1. The predicted octanol–water partition coefficient (Wildman–Crippen LogP) is 3.05. The molecule has 2 N–H and O–H groups in total. The van der Waals surface area contributed by atoms with Crippen molar-refractivity contribution in [1.82, 2.24) is 20.7 Å². The topological polar surface area (TPSA) is 65.7 Å². The number of hydrogen-bond acceptors (Lipinski definition) is 4. The van der Waals surface area contributed by atoms with Gasteiger partial charge in [-0.3, -0.25) is 9.89 Å². The van der Waals surface area contributed by atoms with E-state index < -0.39 is 0 Å². The Bertz CT molecular complexity index is 526. The van der Waals surface area contributed by atoms with Crippen LogP contribution < -0.4 is 10.6 Å². The van der Waals surface area contributed by atoms with Gasteiger partial charge in [-0.2, -0.15) is 0 Å². The number of aromatic nitrogens is 1. The molecule has 2 heterocycles. The summed E-state index contributed by atoms with van der Waals surface area (Å²) < 4.78 is 5.27. The Morgan fingerprint density at radius 1 is 1.36 bits per heavy atom. The van der Waals surface area contributed by atoms with E-state index in [1.54, 1.807) is 0 Å². The van der Waals surface area contributed by atoms with E-state index in [4.69, 9.17) is 9.52 Å². The van der Waals surface area contributed by atoms with E-state index >= 15 is 0 Å². The number of rotatable bonds is 7. The van der Waals surface area contributed by atoms with Gasteiger partial charge in [-0.05, 0) is 46.7 Å². The fourth-order valence-corrected chi connectivity index (χ4v) is 3.61. The average molecular weight is 463 g/mol. The summed E-state index contributed by atoms with van der Waals surface area (Å²) in [4.78, 5) is 7.31. The average Bonchev–Trinajstić information content (AvgIpc) is 3.16. The zero-order chi connectivity index (χ0) is 17.5. The highest BCUT2D eigenvalue weighted by molar-refractivity contribution is 14.0. The molecule has 6 nitrogen and oxygen atoms in total. The van der Waals surface area contributed by atoms with Gasteiger partial charge < -0.3 is 15.2 Å². The van der Waals surface area contributed by atoms with Gasteiger partial charge in [0.05, 0.1) is 5.69 Å². The number of halogens is 1. The minimum Gasteiger partial charge on any atom is -0.361 e. The van der Waals surface area contributed by atoms with Crippen LogP contribution in [0.5, 0.6) is 0 Å². The number of nitrogens with zero attached hydrogens (tertiary/aromatic N) is 3. The van der Waals surface area contributed by atoms with Crippen LogP contribution in [-0.4, -0.2) is 54.8 Å². The molecule has 1 aromatic rings. The molecule has 1 aliphatic heterocycles. The van der Waals surface area contributed by atoms with Crippen LogP contribution in [0.2, 0.25) is 0 Å². The molecule has 1 aromatic heterocycles. The van der Waals surface area contributed by atoms with Gasteiger partial charge >= 0.3 is 0 Å².